The fourth-order valence-corrected chi connectivity index (χ4v) is 7.16. The number of anilines is 1. The monoisotopic (exact) mass is 557 g/mol. The number of nitrogens with one attached hydrogen (secondary N) is 1. The normalized spacial score (nSPS) is 13.5. The number of carbonyl (C=O) groups excluding carboxylic acids is 3. The number of rotatable bonds is 8. The van der Waals surface area contributed by atoms with Crippen molar-refractivity contribution in [2.75, 3.05) is 31.0 Å². The third-order valence-corrected chi connectivity index (χ3v) is 9.05. The molecule has 11 heteroatoms. The van der Waals surface area contributed by atoms with Crippen LogP contribution in [0.25, 0.3) is 10.2 Å². The zero-order chi connectivity index (χ0) is 26.4. The Morgan fingerprint density at radius 2 is 1.97 bits per heavy atom. The Balaban J connectivity index is 1.42. The van der Waals surface area contributed by atoms with E-state index in [-0.39, 0.29) is 29.9 Å². The Bertz CT molecular complexity index is 1440. The first-order valence-electron chi connectivity index (χ1n) is 11.7. The summed E-state index contributed by atoms with van der Waals surface area (Å²) in [7, 11) is 2.94. The van der Waals surface area contributed by atoms with E-state index in [4.69, 9.17) is 15.9 Å². The number of esters is 1. The van der Waals surface area contributed by atoms with Gasteiger partial charge < -0.3 is 19.4 Å². The standard InChI is InChI=1S/C26H27N3O5S3/c1-4-12-29-18-11-10-16(33-2)13-20(18)37-26(29)28-22(31)15-35-14-21(30)27-24-23(25(32)34-3)17-8-6-5-7-9-19(17)36-24/h1,10-11,13H,5-9,12,14-15H2,2-3H3,(H,27,30). The van der Waals surface area contributed by atoms with Gasteiger partial charge in [0.1, 0.15) is 10.8 Å². The van der Waals surface area contributed by atoms with Gasteiger partial charge in [-0.3, -0.25) is 9.59 Å². The van der Waals surface area contributed by atoms with E-state index in [1.54, 1.807) is 7.11 Å². The van der Waals surface area contributed by atoms with E-state index in [0.29, 0.717) is 21.1 Å². The smallest absolute Gasteiger partial charge is 0.341 e. The summed E-state index contributed by atoms with van der Waals surface area (Å²) >= 11 is 3.97. The highest BCUT2D eigenvalue weighted by atomic mass is 32.2. The van der Waals surface area contributed by atoms with Gasteiger partial charge in [-0.05, 0) is 49.4 Å². The van der Waals surface area contributed by atoms with E-state index in [2.05, 4.69) is 16.2 Å². The van der Waals surface area contributed by atoms with Gasteiger partial charge in [0.25, 0.3) is 5.91 Å². The first kappa shape index (κ1) is 27.0. The Morgan fingerprint density at radius 1 is 1.16 bits per heavy atom. The van der Waals surface area contributed by atoms with Crippen molar-refractivity contribution in [2.45, 2.75) is 38.6 Å². The number of thiophene rings is 1. The number of carbonyl (C=O) groups is 3. The van der Waals surface area contributed by atoms with Crippen molar-refractivity contribution < 1.29 is 23.9 Å². The highest BCUT2D eigenvalue weighted by molar-refractivity contribution is 8.00. The number of aryl methyl sites for hydroxylation is 1. The molecule has 0 unspecified atom stereocenters. The SMILES string of the molecule is C#CCn1c(=NC(=O)CSCC(=O)Nc2sc3c(c2C(=O)OC)CCCCC3)sc2cc(OC)ccc21. The second-order valence-corrected chi connectivity index (χ2v) is 11.4. The third-order valence-electron chi connectivity index (χ3n) is 5.88. The molecule has 1 N–H and O–H groups in total. The summed E-state index contributed by atoms with van der Waals surface area (Å²) in [5.74, 6) is 2.32. The van der Waals surface area contributed by atoms with Crippen molar-refractivity contribution in [2.24, 2.45) is 4.99 Å². The third kappa shape index (κ3) is 6.26. The molecule has 0 aliphatic heterocycles. The zero-order valence-corrected chi connectivity index (χ0v) is 23.1. The summed E-state index contributed by atoms with van der Waals surface area (Å²) in [5.41, 5.74) is 2.33. The molecule has 2 heterocycles. The molecule has 0 atom stereocenters. The quantitative estimate of drug-likeness (QED) is 0.252. The van der Waals surface area contributed by atoms with Crippen LogP contribution in [-0.4, -0.2) is 48.1 Å². The van der Waals surface area contributed by atoms with Gasteiger partial charge in [-0.2, -0.15) is 4.99 Å². The lowest BCUT2D eigenvalue weighted by molar-refractivity contribution is -0.115. The number of benzene rings is 1. The van der Waals surface area contributed by atoms with Crippen LogP contribution in [0.2, 0.25) is 0 Å². The molecule has 0 saturated heterocycles. The van der Waals surface area contributed by atoms with Crippen LogP contribution in [0.15, 0.2) is 23.2 Å². The highest BCUT2D eigenvalue weighted by Crippen LogP contribution is 2.38. The minimum atomic E-state index is -0.433. The zero-order valence-electron chi connectivity index (χ0n) is 20.6. The second-order valence-electron chi connectivity index (χ2n) is 8.32. The first-order valence-corrected chi connectivity index (χ1v) is 14.5. The molecule has 0 fully saturated rings. The molecular formula is C26H27N3O5S3. The van der Waals surface area contributed by atoms with Crippen LogP contribution in [0.3, 0.4) is 0 Å². The first-order chi connectivity index (χ1) is 17.9. The molecule has 37 heavy (non-hydrogen) atoms. The number of terminal acetylenes is 1. The van der Waals surface area contributed by atoms with Crippen LogP contribution in [-0.2, 0) is 33.7 Å². The topological polar surface area (TPSA) is 99.0 Å². The van der Waals surface area contributed by atoms with Gasteiger partial charge in [0.2, 0.25) is 5.91 Å². The molecule has 2 aromatic heterocycles. The predicted octanol–water partition coefficient (Wildman–Crippen LogP) is 4.26. The van der Waals surface area contributed by atoms with Crippen LogP contribution in [0.4, 0.5) is 5.00 Å². The molecule has 0 spiro atoms. The maximum Gasteiger partial charge on any atom is 0.341 e. The van der Waals surface area contributed by atoms with Gasteiger partial charge in [0, 0.05) is 4.88 Å². The summed E-state index contributed by atoms with van der Waals surface area (Å²) in [5, 5.41) is 3.39. The van der Waals surface area contributed by atoms with E-state index in [9.17, 15) is 14.4 Å². The number of nitrogens with zero attached hydrogens (tertiary/aromatic N) is 2. The summed E-state index contributed by atoms with van der Waals surface area (Å²) < 4.78 is 13.0. The van der Waals surface area contributed by atoms with E-state index < -0.39 is 5.97 Å². The summed E-state index contributed by atoms with van der Waals surface area (Å²) in [6.07, 6.45) is 10.4. The van der Waals surface area contributed by atoms with Crippen molar-refractivity contribution in [3.05, 3.63) is 39.0 Å². The van der Waals surface area contributed by atoms with E-state index in [1.807, 2.05) is 22.8 Å². The maximum absolute atomic E-state index is 12.7. The molecule has 0 saturated carbocycles. The molecule has 3 aromatic rings. The molecule has 194 valence electrons. The van der Waals surface area contributed by atoms with Gasteiger partial charge in [-0.25, -0.2) is 4.79 Å². The molecule has 2 amide bonds. The molecule has 1 aromatic carbocycles. The van der Waals surface area contributed by atoms with Gasteiger partial charge in [0.15, 0.2) is 4.80 Å². The molecule has 0 bridgehead atoms. The number of fused-ring (bicyclic) bond motifs is 2. The average Bonchev–Trinajstić information content (AvgIpc) is 3.30. The number of aromatic nitrogens is 1. The largest absolute Gasteiger partial charge is 0.497 e. The van der Waals surface area contributed by atoms with Gasteiger partial charge in [-0.15, -0.1) is 29.5 Å². The van der Waals surface area contributed by atoms with E-state index in [1.165, 1.54) is 41.5 Å². The molecule has 4 rings (SSSR count). The molecule has 1 aliphatic carbocycles. The number of amides is 2. The van der Waals surface area contributed by atoms with Crippen molar-refractivity contribution in [1.82, 2.24) is 4.57 Å². The lowest BCUT2D eigenvalue weighted by Crippen LogP contribution is -2.19. The van der Waals surface area contributed by atoms with Crippen LogP contribution >= 0.6 is 34.4 Å². The van der Waals surface area contributed by atoms with Crippen LogP contribution in [0.1, 0.15) is 40.1 Å². The molecule has 1 aliphatic rings. The Morgan fingerprint density at radius 3 is 2.73 bits per heavy atom. The van der Waals surface area contributed by atoms with Gasteiger partial charge in [0.05, 0.1) is 48.1 Å². The fraction of sp³-hybridized carbons (Fsp3) is 0.385. The second kappa shape index (κ2) is 12.4. The minimum Gasteiger partial charge on any atom is -0.497 e. The summed E-state index contributed by atoms with van der Waals surface area (Å²) in [4.78, 5) is 43.6. The Hall–Kier alpha value is -3.07. The van der Waals surface area contributed by atoms with Gasteiger partial charge >= 0.3 is 5.97 Å². The van der Waals surface area contributed by atoms with Crippen molar-refractivity contribution in [3.63, 3.8) is 0 Å². The fourth-order valence-electron chi connectivity index (χ4n) is 4.19. The van der Waals surface area contributed by atoms with Crippen LogP contribution in [0, 0.1) is 12.3 Å². The van der Waals surface area contributed by atoms with Gasteiger partial charge in [-0.1, -0.05) is 23.7 Å². The molecule has 0 radical (unpaired) electrons. The number of thiazole rings is 1. The Kier molecular flexibility index (Phi) is 9.08. The highest BCUT2D eigenvalue weighted by Gasteiger charge is 2.26. The minimum absolute atomic E-state index is 0.0336. The number of ether oxygens (including phenoxy) is 2. The van der Waals surface area contributed by atoms with Crippen LogP contribution in [0.5, 0.6) is 5.75 Å². The van der Waals surface area contributed by atoms with Crippen LogP contribution < -0.4 is 14.9 Å². The average molecular weight is 558 g/mol. The molecule has 8 nitrogen and oxygen atoms in total. The van der Waals surface area contributed by atoms with E-state index >= 15 is 0 Å². The predicted molar refractivity (Wildman–Crippen MR) is 149 cm³/mol. The van der Waals surface area contributed by atoms with Crippen molar-refractivity contribution >= 4 is 67.4 Å². The van der Waals surface area contributed by atoms with Crippen molar-refractivity contribution in [3.8, 4) is 18.1 Å². The number of thioether (sulfide) groups is 1. The lowest BCUT2D eigenvalue weighted by atomic mass is 10.1. The van der Waals surface area contributed by atoms with E-state index in [0.717, 1.165) is 52.8 Å². The summed E-state index contributed by atoms with van der Waals surface area (Å²) in [6.45, 7) is 0.279. The molecular weight excluding hydrogens is 531 g/mol. The number of hydrogen-bond acceptors (Lipinski definition) is 8. The Labute approximate surface area is 227 Å². The number of hydrogen-bond donors (Lipinski definition) is 1. The number of methoxy groups -OCH3 is 2. The maximum atomic E-state index is 12.7. The summed E-state index contributed by atoms with van der Waals surface area (Å²) in [6, 6.07) is 5.60. The lowest BCUT2D eigenvalue weighted by Gasteiger charge is -2.07. The van der Waals surface area contributed by atoms with Crippen molar-refractivity contribution in [1.29, 1.82) is 0 Å².